The highest BCUT2D eigenvalue weighted by molar-refractivity contribution is 7.80. The molecule has 3 N–H and O–H groups in total. The number of hydrogen-bond acceptors (Lipinski definition) is 3. The van der Waals surface area contributed by atoms with Crippen LogP contribution in [0.1, 0.15) is 63.2 Å². The summed E-state index contributed by atoms with van der Waals surface area (Å²) in [4.78, 5) is 23.7. The maximum Gasteiger partial charge on any atom is 0.251 e. The molecule has 1 rings (SSSR count). The Balaban J connectivity index is 2.47. The average molecular weight is 350 g/mol. The first kappa shape index (κ1) is 20.1. The van der Waals surface area contributed by atoms with Gasteiger partial charge in [-0.2, -0.15) is 0 Å². The molecule has 0 aliphatic carbocycles. The molecule has 24 heavy (non-hydrogen) atoms. The Morgan fingerprint density at radius 2 is 1.79 bits per heavy atom. The van der Waals surface area contributed by atoms with Crippen molar-refractivity contribution in [2.45, 2.75) is 58.9 Å². The van der Waals surface area contributed by atoms with Crippen molar-refractivity contribution in [2.24, 2.45) is 0 Å². The molecule has 0 saturated carbocycles. The van der Waals surface area contributed by atoms with Crippen LogP contribution in [0.5, 0.6) is 0 Å². The molecule has 0 aliphatic rings. The summed E-state index contributed by atoms with van der Waals surface area (Å²) in [5.74, 6) is -0.173. The van der Waals surface area contributed by atoms with Crippen LogP contribution in [-0.4, -0.2) is 23.0 Å². The van der Waals surface area contributed by atoms with Gasteiger partial charge in [-0.15, -0.1) is 0 Å². The molecule has 1 aromatic rings. The number of carbonyl (C=O) groups excluding carboxylic acids is 2. The summed E-state index contributed by atoms with van der Waals surface area (Å²) in [6.45, 7) is 6.09. The number of rotatable bonds is 8. The fraction of sp³-hybridized carbons (Fsp3) is 0.500. The van der Waals surface area contributed by atoms with E-state index >= 15 is 0 Å². The maximum absolute atomic E-state index is 12.0. The van der Waals surface area contributed by atoms with Gasteiger partial charge in [0.25, 0.3) is 5.91 Å². The van der Waals surface area contributed by atoms with Crippen LogP contribution >= 0.6 is 12.2 Å². The van der Waals surface area contributed by atoms with Gasteiger partial charge in [0.1, 0.15) is 0 Å². The fourth-order valence-corrected chi connectivity index (χ4v) is 2.23. The zero-order valence-electron chi connectivity index (χ0n) is 14.6. The molecule has 0 bridgehead atoms. The second kappa shape index (κ2) is 10.8. The molecule has 0 heterocycles. The van der Waals surface area contributed by atoms with Crippen LogP contribution in [0, 0.1) is 0 Å². The third-order valence-electron chi connectivity index (χ3n) is 3.66. The molecule has 1 aromatic carbocycles. The number of anilines is 1. The predicted molar refractivity (Wildman–Crippen MR) is 102 cm³/mol. The summed E-state index contributed by atoms with van der Waals surface area (Å²) in [5, 5.41) is 8.80. The van der Waals surface area contributed by atoms with Crippen LogP contribution in [0.4, 0.5) is 5.69 Å². The molecule has 0 aliphatic heterocycles. The van der Waals surface area contributed by atoms with E-state index in [9.17, 15) is 9.59 Å². The van der Waals surface area contributed by atoms with E-state index in [1.54, 1.807) is 24.3 Å². The van der Waals surface area contributed by atoms with Gasteiger partial charge < -0.3 is 16.0 Å². The zero-order chi connectivity index (χ0) is 17.9. The largest absolute Gasteiger partial charge is 0.350 e. The van der Waals surface area contributed by atoms with Gasteiger partial charge in [0.05, 0.1) is 0 Å². The molecule has 6 heteroatoms. The van der Waals surface area contributed by atoms with Gasteiger partial charge in [0.15, 0.2) is 5.11 Å². The predicted octanol–water partition coefficient (Wildman–Crippen LogP) is 3.61. The number of benzene rings is 1. The number of carbonyl (C=O) groups is 2. The monoisotopic (exact) mass is 349 g/mol. The molecule has 0 fully saturated rings. The van der Waals surface area contributed by atoms with Crippen molar-refractivity contribution < 1.29 is 9.59 Å². The first-order valence-corrected chi connectivity index (χ1v) is 8.88. The third kappa shape index (κ3) is 7.55. The number of nitrogens with one attached hydrogen (secondary N) is 3. The fourth-order valence-electron chi connectivity index (χ4n) is 2.00. The van der Waals surface area contributed by atoms with Crippen molar-refractivity contribution >= 4 is 34.8 Å². The molecule has 132 valence electrons. The molecule has 0 saturated heterocycles. The molecule has 5 nitrogen and oxygen atoms in total. The Bertz CT molecular complexity index is 558. The second-order valence-electron chi connectivity index (χ2n) is 5.82. The highest BCUT2D eigenvalue weighted by Gasteiger charge is 2.09. The van der Waals surface area contributed by atoms with Gasteiger partial charge >= 0.3 is 0 Å². The number of hydrogen-bond donors (Lipinski definition) is 3. The van der Waals surface area contributed by atoms with E-state index in [-0.39, 0.29) is 23.0 Å². The number of amides is 2. The average Bonchev–Trinajstić information content (AvgIpc) is 2.55. The van der Waals surface area contributed by atoms with Gasteiger partial charge in [0.2, 0.25) is 5.91 Å². The summed E-state index contributed by atoms with van der Waals surface area (Å²) in [7, 11) is 0. The van der Waals surface area contributed by atoms with Gasteiger partial charge in [-0.25, -0.2) is 0 Å². The van der Waals surface area contributed by atoms with Crippen LogP contribution in [0.15, 0.2) is 24.3 Å². The Labute approximate surface area is 149 Å². The van der Waals surface area contributed by atoms with E-state index in [4.69, 9.17) is 12.2 Å². The van der Waals surface area contributed by atoms with Crippen molar-refractivity contribution in [3.8, 4) is 0 Å². The van der Waals surface area contributed by atoms with Gasteiger partial charge in [-0.05, 0) is 56.2 Å². The molecule has 0 spiro atoms. The van der Waals surface area contributed by atoms with Crippen LogP contribution in [0.2, 0.25) is 0 Å². The van der Waals surface area contributed by atoms with Crippen molar-refractivity contribution in [1.29, 1.82) is 0 Å². The lowest BCUT2D eigenvalue weighted by Crippen LogP contribution is -2.34. The highest BCUT2D eigenvalue weighted by Crippen LogP contribution is 2.10. The Morgan fingerprint density at radius 1 is 1.12 bits per heavy atom. The molecule has 2 amide bonds. The molecule has 1 atom stereocenters. The summed E-state index contributed by atoms with van der Waals surface area (Å²) >= 11 is 5.13. The Kier molecular flexibility index (Phi) is 9.01. The normalized spacial score (nSPS) is 11.5. The lowest BCUT2D eigenvalue weighted by molar-refractivity contribution is -0.119. The lowest BCUT2D eigenvalue weighted by Gasteiger charge is -2.12. The van der Waals surface area contributed by atoms with Crippen LogP contribution in [0.25, 0.3) is 0 Å². The molecule has 1 unspecified atom stereocenters. The molecule has 0 aromatic heterocycles. The summed E-state index contributed by atoms with van der Waals surface area (Å²) in [6.07, 6.45) is 4.34. The van der Waals surface area contributed by atoms with E-state index in [2.05, 4.69) is 22.9 Å². The van der Waals surface area contributed by atoms with Crippen molar-refractivity contribution in [3.05, 3.63) is 29.8 Å². The van der Waals surface area contributed by atoms with E-state index in [0.29, 0.717) is 12.0 Å². The second-order valence-corrected chi connectivity index (χ2v) is 6.23. The topological polar surface area (TPSA) is 70.2 Å². The van der Waals surface area contributed by atoms with Crippen molar-refractivity contribution in [3.63, 3.8) is 0 Å². The Morgan fingerprint density at radius 3 is 2.38 bits per heavy atom. The highest BCUT2D eigenvalue weighted by atomic mass is 32.1. The third-order valence-corrected chi connectivity index (χ3v) is 3.86. The van der Waals surface area contributed by atoms with Crippen LogP contribution < -0.4 is 16.0 Å². The quantitative estimate of drug-likeness (QED) is 0.495. The number of unbranched alkanes of at least 4 members (excludes halogenated alkanes) is 2. The standard InChI is InChI=1S/C18H27N3O2S/c1-4-6-7-8-16(22)21-18(24)20-15-11-9-14(10-12-15)17(23)19-13(3)5-2/h9-13H,4-8H2,1-3H3,(H,19,23)(H2,20,21,22,24). The first-order chi connectivity index (χ1) is 11.5. The lowest BCUT2D eigenvalue weighted by atomic mass is 10.1. The van der Waals surface area contributed by atoms with Gasteiger partial charge in [-0.1, -0.05) is 26.7 Å². The summed E-state index contributed by atoms with van der Waals surface area (Å²) in [6, 6.07) is 7.13. The van der Waals surface area contributed by atoms with Gasteiger partial charge in [0, 0.05) is 23.7 Å². The molecular weight excluding hydrogens is 322 g/mol. The van der Waals surface area contributed by atoms with Gasteiger partial charge in [-0.3, -0.25) is 9.59 Å². The minimum Gasteiger partial charge on any atom is -0.350 e. The van der Waals surface area contributed by atoms with Crippen molar-refractivity contribution in [2.75, 3.05) is 5.32 Å². The van der Waals surface area contributed by atoms with Crippen LogP contribution in [-0.2, 0) is 4.79 Å². The van der Waals surface area contributed by atoms with E-state index < -0.39 is 0 Å². The smallest absolute Gasteiger partial charge is 0.251 e. The summed E-state index contributed by atoms with van der Waals surface area (Å²) < 4.78 is 0. The minimum absolute atomic E-state index is 0.0782. The minimum atomic E-state index is -0.0947. The maximum atomic E-state index is 12.0. The first-order valence-electron chi connectivity index (χ1n) is 8.48. The molecule has 0 radical (unpaired) electrons. The number of thiocarbonyl (C=S) groups is 1. The van der Waals surface area contributed by atoms with E-state index in [1.165, 1.54) is 0 Å². The SMILES string of the molecule is CCCCCC(=O)NC(=S)Nc1ccc(C(=O)NC(C)CC)cc1. The van der Waals surface area contributed by atoms with E-state index in [1.807, 2.05) is 13.8 Å². The summed E-state index contributed by atoms with van der Waals surface area (Å²) in [5.41, 5.74) is 1.32. The van der Waals surface area contributed by atoms with Crippen molar-refractivity contribution in [1.82, 2.24) is 10.6 Å². The zero-order valence-corrected chi connectivity index (χ0v) is 15.5. The van der Waals surface area contributed by atoms with E-state index in [0.717, 1.165) is 31.4 Å². The Hall–Kier alpha value is -1.95. The van der Waals surface area contributed by atoms with Crippen LogP contribution in [0.3, 0.4) is 0 Å². The molecular formula is C18H27N3O2S.